The molecule has 2 aliphatic rings. The highest BCUT2D eigenvalue weighted by molar-refractivity contribution is 7.80. The van der Waals surface area contributed by atoms with E-state index in [4.69, 9.17) is 12.2 Å². The van der Waals surface area contributed by atoms with Gasteiger partial charge in [0.1, 0.15) is 6.17 Å². The summed E-state index contributed by atoms with van der Waals surface area (Å²) >= 11 is 5.09. The van der Waals surface area contributed by atoms with Crippen LogP contribution in [0.15, 0.2) is 40.6 Å². The summed E-state index contributed by atoms with van der Waals surface area (Å²) in [5.74, 6) is 1.21. The predicted molar refractivity (Wildman–Crippen MR) is 66.3 cm³/mol. The summed E-state index contributed by atoms with van der Waals surface area (Å²) in [6.07, 6.45) is 1.36. The number of thiocarbonyl (C=S) groups is 1. The third kappa shape index (κ3) is 1.53. The normalized spacial score (nSPS) is 32.2. The third-order valence-electron chi connectivity index (χ3n) is 3.41. The molecule has 0 bridgehead atoms. The van der Waals surface area contributed by atoms with E-state index in [0.29, 0.717) is 16.9 Å². The SMILES string of the molecule is CN1C(=S)N=NC1C1CC1c1ccccc1. The minimum Gasteiger partial charge on any atom is -0.325 e. The Morgan fingerprint density at radius 2 is 2.06 bits per heavy atom. The predicted octanol–water partition coefficient (Wildman–Crippen LogP) is 2.80. The van der Waals surface area contributed by atoms with Crippen LogP contribution in [0.1, 0.15) is 17.9 Å². The van der Waals surface area contributed by atoms with Crippen molar-refractivity contribution in [1.29, 1.82) is 0 Å². The first-order chi connectivity index (χ1) is 7.77. The van der Waals surface area contributed by atoms with E-state index in [1.165, 1.54) is 12.0 Å². The molecular formula is C12H13N3S. The summed E-state index contributed by atoms with van der Waals surface area (Å²) in [4.78, 5) is 2.00. The van der Waals surface area contributed by atoms with Crippen LogP contribution in [-0.2, 0) is 0 Å². The standard InChI is InChI=1S/C12H13N3S/c1-15-11(13-14-12(15)16)10-7-9(10)8-5-3-2-4-6-8/h2-6,9-11H,7H2,1H3. The minimum atomic E-state index is 0.165. The lowest BCUT2D eigenvalue weighted by Crippen LogP contribution is -2.30. The number of benzene rings is 1. The molecule has 0 amide bonds. The molecule has 1 fully saturated rings. The van der Waals surface area contributed by atoms with Crippen LogP contribution >= 0.6 is 12.2 Å². The van der Waals surface area contributed by atoms with Crippen molar-refractivity contribution in [2.75, 3.05) is 7.05 Å². The molecule has 4 heteroatoms. The summed E-state index contributed by atoms with van der Waals surface area (Å²) in [7, 11) is 1.98. The Labute approximate surface area is 100 Å². The minimum absolute atomic E-state index is 0.165. The van der Waals surface area contributed by atoms with E-state index in [-0.39, 0.29) is 6.17 Å². The van der Waals surface area contributed by atoms with Gasteiger partial charge >= 0.3 is 0 Å². The van der Waals surface area contributed by atoms with Gasteiger partial charge in [0.05, 0.1) is 0 Å². The molecule has 1 aromatic carbocycles. The van der Waals surface area contributed by atoms with Gasteiger partial charge in [0.2, 0.25) is 5.11 Å². The number of rotatable bonds is 2. The molecule has 3 unspecified atom stereocenters. The second-order valence-electron chi connectivity index (χ2n) is 4.44. The van der Waals surface area contributed by atoms with Crippen molar-refractivity contribution >= 4 is 17.3 Å². The van der Waals surface area contributed by atoms with Gasteiger partial charge < -0.3 is 4.90 Å². The van der Waals surface area contributed by atoms with Crippen molar-refractivity contribution < 1.29 is 0 Å². The molecule has 3 atom stereocenters. The Hall–Kier alpha value is -1.29. The van der Waals surface area contributed by atoms with Crippen LogP contribution in [0.25, 0.3) is 0 Å². The molecule has 0 N–H and O–H groups in total. The van der Waals surface area contributed by atoms with E-state index in [1.807, 2.05) is 11.9 Å². The molecular weight excluding hydrogens is 218 g/mol. The first-order valence-corrected chi connectivity index (χ1v) is 5.91. The zero-order valence-electron chi connectivity index (χ0n) is 9.08. The summed E-state index contributed by atoms with van der Waals surface area (Å²) in [5, 5.41) is 8.83. The van der Waals surface area contributed by atoms with Gasteiger partial charge in [0.15, 0.2) is 0 Å². The van der Waals surface area contributed by atoms with E-state index in [1.54, 1.807) is 0 Å². The second kappa shape index (κ2) is 3.63. The van der Waals surface area contributed by atoms with Gasteiger partial charge in [-0.1, -0.05) is 30.3 Å². The summed E-state index contributed by atoms with van der Waals surface area (Å²) in [5.41, 5.74) is 1.41. The smallest absolute Gasteiger partial charge is 0.217 e. The molecule has 1 aliphatic carbocycles. The maximum Gasteiger partial charge on any atom is 0.217 e. The van der Waals surface area contributed by atoms with Crippen LogP contribution in [-0.4, -0.2) is 23.2 Å². The Morgan fingerprint density at radius 1 is 1.31 bits per heavy atom. The quantitative estimate of drug-likeness (QED) is 0.732. The molecule has 0 aromatic heterocycles. The fourth-order valence-corrected chi connectivity index (χ4v) is 2.53. The Bertz CT molecular complexity index is 443. The zero-order chi connectivity index (χ0) is 11.1. The second-order valence-corrected chi connectivity index (χ2v) is 4.80. The van der Waals surface area contributed by atoms with Gasteiger partial charge in [-0.15, -0.1) is 5.11 Å². The molecule has 82 valence electrons. The highest BCUT2D eigenvalue weighted by Gasteiger charge is 2.47. The Balaban J connectivity index is 1.73. The molecule has 3 rings (SSSR count). The topological polar surface area (TPSA) is 28.0 Å². The fraction of sp³-hybridized carbons (Fsp3) is 0.417. The highest BCUT2D eigenvalue weighted by atomic mass is 32.1. The molecule has 16 heavy (non-hydrogen) atoms. The van der Waals surface area contributed by atoms with Crippen LogP contribution in [0, 0.1) is 5.92 Å². The van der Waals surface area contributed by atoms with Crippen LogP contribution in [0.5, 0.6) is 0 Å². The van der Waals surface area contributed by atoms with Gasteiger partial charge in [-0.25, -0.2) is 0 Å². The van der Waals surface area contributed by atoms with E-state index < -0.39 is 0 Å². The van der Waals surface area contributed by atoms with Gasteiger partial charge in [0.25, 0.3) is 0 Å². The molecule has 0 saturated heterocycles. The maximum atomic E-state index is 5.09. The molecule has 1 aromatic rings. The first kappa shape index (κ1) is 9.90. The summed E-state index contributed by atoms with van der Waals surface area (Å²) in [6.45, 7) is 0. The van der Waals surface area contributed by atoms with Gasteiger partial charge in [0, 0.05) is 13.0 Å². The van der Waals surface area contributed by atoms with Gasteiger partial charge in [-0.05, 0) is 30.1 Å². The van der Waals surface area contributed by atoms with E-state index in [0.717, 1.165) is 0 Å². The molecule has 0 radical (unpaired) electrons. The molecule has 0 spiro atoms. The monoisotopic (exact) mass is 231 g/mol. The van der Waals surface area contributed by atoms with Gasteiger partial charge in [-0.2, -0.15) is 5.11 Å². The summed E-state index contributed by atoms with van der Waals surface area (Å²) in [6, 6.07) is 10.6. The maximum absolute atomic E-state index is 5.09. The number of azo groups is 1. The lowest BCUT2D eigenvalue weighted by Gasteiger charge is -2.17. The van der Waals surface area contributed by atoms with E-state index in [9.17, 15) is 0 Å². The molecule has 1 saturated carbocycles. The van der Waals surface area contributed by atoms with Crippen molar-refractivity contribution in [3.63, 3.8) is 0 Å². The lowest BCUT2D eigenvalue weighted by atomic mass is 10.1. The largest absolute Gasteiger partial charge is 0.325 e. The number of hydrogen-bond donors (Lipinski definition) is 0. The van der Waals surface area contributed by atoms with Crippen molar-refractivity contribution in [2.45, 2.75) is 18.5 Å². The highest BCUT2D eigenvalue weighted by Crippen LogP contribution is 2.51. The Kier molecular flexibility index (Phi) is 2.24. The van der Waals surface area contributed by atoms with Crippen LogP contribution < -0.4 is 0 Å². The van der Waals surface area contributed by atoms with Crippen molar-refractivity contribution in [2.24, 2.45) is 16.1 Å². The van der Waals surface area contributed by atoms with Crippen molar-refractivity contribution in [1.82, 2.24) is 4.90 Å². The molecule has 1 aliphatic heterocycles. The number of nitrogens with zero attached hydrogens (tertiary/aromatic N) is 3. The zero-order valence-corrected chi connectivity index (χ0v) is 9.89. The lowest BCUT2D eigenvalue weighted by molar-refractivity contribution is 0.356. The van der Waals surface area contributed by atoms with Gasteiger partial charge in [-0.3, -0.25) is 0 Å². The van der Waals surface area contributed by atoms with Crippen LogP contribution in [0.3, 0.4) is 0 Å². The van der Waals surface area contributed by atoms with Crippen LogP contribution in [0.2, 0.25) is 0 Å². The van der Waals surface area contributed by atoms with Crippen molar-refractivity contribution in [3.8, 4) is 0 Å². The third-order valence-corrected chi connectivity index (χ3v) is 3.78. The molecule has 3 nitrogen and oxygen atoms in total. The van der Waals surface area contributed by atoms with E-state index >= 15 is 0 Å². The van der Waals surface area contributed by atoms with Crippen LogP contribution in [0.4, 0.5) is 0 Å². The van der Waals surface area contributed by atoms with E-state index in [2.05, 4.69) is 40.6 Å². The number of hydrogen-bond acceptors (Lipinski definition) is 2. The summed E-state index contributed by atoms with van der Waals surface area (Å²) < 4.78 is 0. The first-order valence-electron chi connectivity index (χ1n) is 5.50. The average molecular weight is 231 g/mol. The molecule has 1 heterocycles. The van der Waals surface area contributed by atoms with Crippen molar-refractivity contribution in [3.05, 3.63) is 35.9 Å². The Morgan fingerprint density at radius 3 is 2.69 bits per heavy atom. The average Bonchev–Trinajstić information content (AvgIpc) is 3.04. The fourth-order valence-electron chi connectivity index (χ4n) is 2.37.